The molecule has 0 aliphatic carbocycles. The van der Waals surface area contributed by atoms with E-state index in [1.54, 1.807) is 18.3 Å². The van der Waals surface area contributed by atoms with Gasteiger partial charge in [-0.3, -0.25) is 4.79 Å². The van der Waals surface area contributed by atoms with Gasteiger partial charge in [0.15, 0.2) is 6.61 Å². The lowest BCUT2D eigenvalue weighted by atomic mass is 10.2. The number of nitrogens with zero attached hydrogens (tertiary/aromatic N) is 2. The lowest BCUT2D eigenvalue weighted by molar-refractivity contribution is -0.119. The van der Waals surface area contributed by atoms with Crippen molar-refractivity contribution in [1.82, 2.24) is 4.40 Å². The standard InChI is InChI=1S/C15H11N3O2/c16-7-12-11-3-1-2-4-13(11)18-8-10(5-6-14(12)18)20-9-15(17)19/h1-6,8H,9H2,(H2,17,19). The minimum atomic E-state index is -0.528. The number of nitriles is 1. The van der Waals surface area contributed by atoms with Crippen molar-refractivity contribution in [3.8, 4) is 11.8 Å². The molecule has 0 spiro atoms. The molecule has 20 heavy (non-hydrogen) atoms. The van der Waals surface area contributed by atoms with E-state index in [9.17, 15) is 10.1 Å². The number of para-hydroxylation sites is 1. The summed E-state index contributed by atoms with van der Waals surface area (Å²) in [5.41, 5.74) is 7.41. The number of carbonyl (C=O) groups is 1. The van der Waals surface area contributed by atoms with E-state index < -0.39 is 5.91 Å². The van der Waals surface area contributed by atoms with Crippen molar-refractivity contribution in [2.45, 2.75) is 0 Å². The van der Waals surface area contributed by atoms with Gasteiger partial charge in [-0.1, -0.05) is 18.2 Å². The third kappa shape index (κ3) is 1.84. The predicted octanol–water partition coefficient (Wildman–Crippen LogP) is 1.83. The van der Waals surface area contributed by atoms with Crippen LogP contribution in [0.2, 0.25) is 0 Å². The van der Waals surface area contributed by atoms with E-state index in [-0.39, 0.29) is 6.61 Å². The molecule has 2 heterocycles. The van der Waals surface area contributed by atoms with Crippen molar-refractivity contribution in [3.05, 3.63) is 48.2 Å². The second-order valence-corrected chi connectivity index (χ2v) is 4.38. The SMILES string of the molecule is N#Cc1c2ccccc2n2cc(OCC(N)=O)ccc12. The van der Waals surface area contributed by atoms with Gasteiger partial charge in [0, 0.05) is 5.39 Å². The molecule has 2 aromatic heterocycles. The highest BCUT2D eigenvalue weighted by Crippen LogP contribution is 2.27. The Morgan fingerprint density at radius 3 is 2.80 bits per heavy atom. The molecule has 5 heteroatoms. The molecular formula is C15H11N3O2. The first kappa shape index (κ1) is 12.1. The van der Waals surface area contributed by atoms with Crippen molar-refractivity contribution in [2.75, 3.05) is 6.61 Å². The number of ether oxygens (including phenoxy) is 1. The first-order valence-electron chi connectivity index (χ1n) is 6.04. The van der Waals surface area contributed by atoms with Gasteiger partial charge in [-0.15, -0.1) is 0 Å². The van der Waals surface area contributed by atoms with Crippen LogP contribution >= 0.6 is 0 Å². The van der Waals surface area contributed by atoms with Gasteiger partial charge in [0.2, 0.25) is 0 Å². The maximum atomic E-state index is 10.7. The monoisotopic (exact) mass is 265 g/mol. The zero-order valence-electron chi connectivity index (χ0n) is 10.5. The van der Waals surface area contributed by atoms with Crippen LogP contribution in [-0.4, -0.2) is 16.9 Å². The van der Waals surface area contributed by atoms with Crippen molar-refractivity contribution >= 4 is 22.3 Å². The summed E-state index contributed by atoms with van der Waals surface area (Å²) in [6.45, 7) is -0.171. The summed E-state index contributed by atoms with van der Waals surface area (Å²) in [5, 5.41) is 10.2. The smallest absolute Gasteiger partial charge is 0.255 e. The summed E-state index contributed by atoms with van der Waals surface area (Å²) >= 11 is 0. The second kappa shape index (κ2) is 4.59. The van der Waals surface area contributed by atoms with E-state index in [0.29, 0.717) is 11.3 Å². The van der Waals surface area contributed by atoms with Crippen LogP contribution in [0.4, 0.5) is 0 Å². The van der Waals surface area contributed by atoms with E-state index >= 15 is 0 Å². The molecule has 2 N–H and O–H groups in total. The summed E-state index contributed by atoms with van der Waals surface area (Å²) in [4.78, 5) is 10.7. The number of hydrogen-bond acceptors (Lipinski definition) is 3. The van der Waals surface area contributed by atoms with Gasteiger partial charge in [0.1, 0.15) is 11.8 Å². The van der Waals surface area contributed by atoms with E-state index in [0.717, 1.165) is 16.4 Å². The number of nitrogens with two attached hydrogens (primary N) is 1. The Morgan fingerprint density at radius 2 is 2.05 bits per heavy atom. The van der Waals surface area contributed by atoms with Crippen molar-refractivity contribution in [2.24, 2.45) is 5.73 Å². The number of pyridine rings is 1. The number of primary amides is 1. The predicted molar refractivity (Wildman–Crippen MR) is 74.3 cm³/mol. The van der Waals surface area contributed by atoms with Crippen LogP contribution in [-0.2, 0) is 4.79 Å². The van der Waals surface area contributed by atoms with Gasteiger partial charge in [-0.2, -0.15) is 5.26 Å². The molecule has 0 unspecified atom stereocenters. The number of aromatic nitrogens is 1. The Morgan fingerprint density at radius 1 is 1.25 bits per heavy atom. The molecule has 0 saturated heterocycles. The Bertz CT molecular complexity index is 859. The minimum absolute atomic E-state index is 0.171. The van der Waals surface area contributed by atoms with Crippen molar-refractivity contribution in [3.63, 3.8) is 0 Å². The van der Waals surface area contributed by atoms with Crippen LogP contribution in [0.1, 0.15) is 5.56 Å². The van der Waals surface area contributed by atoms with E-state index in [1.807, 2.05) is 28.7 Å². The Labute approximate surface area is 114 Å². The van der Waals surface area contributed by atoms with Crippen LogP contribution in [0.5, 0.6) is 5.75 Å². The fourth-order valence-electron chi connectivity index (χ4n) is 2.27. The zero-order valence-corrected chi connectivity index (χ0v) is 10.5. The molecule has 0 saturated carbocycles. The van der Waals surface area contributed by atoms with Gasteiger partial charge in [-0.25, -0.2) is 0 Å². The van der Waals surface area contributed by atoms with Crippen LogP contribution in [0.15, 0.2) is 42.6 Å². The summed E-state index contributed by atoms with van der Waals surface area (Å²) < 4.78 is 7.17. The maximum Gasteiger partial charge on any atom is 0.255 e. The first-order valence-corrected chi connectivity index (χ1v) is 6.04. The van der Waals surface area contributed by atoms with Gasteiger partial charge in [0.25, 0.3) is 5.91 Å². The van der Waals surface area contributed by atoms with Crippen LogP contribution in [0.3, 0.4) is 0 Å². The first-order chi connectivity index (χ1) is 9.70. The number of rotatable bonds is 3. The number of benzene rings is 1. The summed E-state index contributed by atoms with van der Waals surface area (Å²) in [5.74, 6) is 0.00159. The molecule has 3 aromatic rings. The normalized spacial score (nSPS) is 10.6. The van der Waals surface area contributed by atoms with E-state index in [2.05, 4.69) is 6.07 Å². The topological polar surface area (TPSA) is 80.5 Å². The highest BCUT2D eigenvalue weighted by atomic mass is 16.5. The third-order valence-electron chi connectivity index (χ3n) is 3.10. The van der Waals surface area contributed by atoms with Gasteiger partial charge < -0.3 is 14.9 Å². The molecule has 1 amide bonds. The highest BCUT2D eigenvalue weighted by molar-refractivity contribution is 5.95. The van der Waals surface area contributed by atoms with Gasteiger partial charge >= 0.3 is 0 Å². The number of hydrogen-bond donors (Lipinski definition) is 1. The molecular weight excluding hydrogens is 254 g/mol. The van der Waals surface area contributed by atoms with Crippen LogP contribution < -0.4 is 10.5 Å². The van der Waals surface area contributed by atoms with Gasteiger partial charge in [0.05, 0.1) is 22.8 Å². The Hall–Kier alpha value is -3.00. The van der Waals surface area contributed by atoms with E-state index in [1.165, 1.54) is 0 Å². The fourth-order valence-corrected chi connectivity index (χ4v) is 2.27. The lowest BCUT2D eigenvalue weighted by Crippen LogP contribution is -2.20. The highest BCUT2D eigenvalue weighted by Gasteiger charge is 2.11. The largest absolute Gasteiger partial charge is 0.482 e. The molecule has 0 aliphatic rings. The summed E-state index contributed by atoms with van der Waals surface area (Å²) in [6, 6.07) is 13.4. The zero-order chi connectivity index (χ0) is 14.1. The fraction of sp³-hybridized carbons (Fsp3) is 0.0667. The van der Waals surface area contributed by atoms with E-state index in [4.69, 9.17) is 10.5 Å². The summed E-state index contributed by atoms with van der Waals surface area (Å²) in [6.07, 6.45) is 1.75. The van der Waals surface area contributed by atoms with Crippen LogP contribution in [0.25, 0.3) is 16.4 Å². The summed E-state index contributed by atoms with van der Waals surface area (Å²) in [7, 11) is 0. The number of fused-ring (bicyclic) bond motifs is 3. The number of carbonyl (C=O) groups excluding carboxylic acids is 1. The van der Waals surface area contributed by atoms with Gasteiger partial charge in [-0.05, 0) is 18.2 Å². The average Bonchev–Trinajstić information content (AvgIpc) is 2.78. The molecule has 3 rings (SSSR count). The van der Waals surface area contributed by atoms with Crippen LogP contribution in [0, 0.1) is 11.3 Å². The van der Waals surface area contributed by atoms with Crippen molar-refractivity contribution < 1.29 is 9.53 Å². The molecule has 0 bridgehead atoms. The maximum absolute atomic E-state index is 10.7. The molecule has 1 aromatic carbocycles. The number of amides is 1. The molecule has 0 radical (unpaired) electrons. The average molecular weight is 265 g/mol. The quantitative estimate of drug-likeness (QED) is 0.784. The minimum Gasteiger partial charge on any atom is -0.482 e. The second-order valence-electron chi connectivity index (χ2n) is 4.38. The molecule has 0 aliphatic heterocycles. The molecule has 98 valence electrons. The Kier molecular flexibility index (Phi) is 2.77. The third-order valence-corrected chi connectivity index (χ3v) is 3.10. The Balaban J connectivity index is 2.21. The molecule has 0 atom stereocenters. The molecule has 0 fully saturated rings. The van der Waals surface area contributed by atoms with Crippen molar-refractivity contribution in [1.29, 1.82) is 5.26 Å². The lowest BCUT2D eigenvalue weighted by Gasteiger charge is -2.05. The molecule has 5 nitrogen and oxygen atoms in total.